The molecule has 1 fully saturated rings. The molecule has 1 aromatic heterocycles. The number of anilines is 1. The van der Waals surface area contributed by atoms with E-state index in [0.717, 1.165) is 6.54 Å². The monoisotopic (exact) mass is 274 g/mol. The van der Waals surface area contributed by atoms with Crippen LogP contribution in [0.4, 0.5) is 11.5 Å². The van der Waals surface area contributed by atoms with Crippen LogP contribution >= 0.6 is 0 Å². The molecule has 6 heteroatoms. The lowest BCUT2D eigenvalue weighted by molar-refractivity contribution is -0.385. The van der Waals surface area contributed by atoms with Gasteiger partial charge in [-0.05, 0) is 18.3 Å². The molecule has 0 radical (unpaired) electrons. The fourth-order valence-electron chi connectivity index (χ4n) is 2.70. The van der Waals surface area contributed by atoms with Crippen molar-refractivity contribution < 1.29 is 4.92 Å². The van der Waals surface area contributed by atoms with E-state index in [2.05, 4.69) is 17.2 Å². The summed E-state index contributed by atoms with van der Waals surface area (Å²) in [6.45, 7) is 3.01. The van der Waals surface area contributed by atoms with Gasteiger partial charge in [0, 0.05) is 12.6 Å². The zero-order valence-electron chi connectivity index (χ0n) is 11.5. The molecule has 0 saturated heterocycles. The zero-order chi connectivity index (χ0) is 14.5. The van der Waals surface area contributed by atoms with Crippen LogP contribution in [0.1, 0.15) is 38.2 Å². The molecule has 6 nitrogen and oxygen atoms in total. The molecule has 20 heavy (non-hydrogen) atoms. The lowest BCUT2D eigenvalue weighted by atomic mass is 9.80. The van der Waals surface area contributed by atoms with Gasteiger partial charge in [0.1, 0.15) is 23.6 Å². The molecule has 2 atom stereocenters. The number of pyridine rings is 1. The molecule has 0 aromatic carbocycles. The summed E-state index contributed by atoms with van der Waals surface area (Å²) < 4.78 is 0. The molecular weight excluding hydrogens is 256 g/mol. The number of hydrogen-bond acceptors (Lipinski definition) is 5. The molecule has 1 N–H and O–H groups in total. The summed E-state index contributed by atoms with van der Waals surface area (Å²) in [5, 5.41) is 22.9. The molecular formula is C14H18N4O2. The normalized spacial score (nSPS) is 22.0. The molecule has 0 amide bonds. The Morgan fingerprint density at radius 3 is 2.95 bits per heavy atom. The van der Waals surface area contributed by atoms with Crippen molar-refractivity contribution in [3.8, 4) is 6.07 Å². The second kappa shape index (κ2) is 6.33. The van der Waals surface area contributed by atoms with E-state index in [1.165, 1.54) is 37.9 Å². The van der Waals surface area contributed by atoms with Gasteiger partial charge in [-0.15, -0.1) is 0 Å². The summed E-state index contributed by atoms with van der Waals surface area (Å²) in [7, 11) is 0. The first-order chi connectivity index (χ1) is 9.61. The molecule has 1 aromatic rings. The molecule has 1 heterocycles. The van der Waals surface area contributed by atoms with Crippen molar-refractivity contribution in [2.24, 2.45) is 11.8 Å². The van der Waals surface area contributed by atoms with E-state index in [0.29, 0.717) is 17.7 Å². The largest absolute Gasteiger partial charge is 0.369 e. The fraction of sp³-hybridized carbons (Fsp3) is 0.571. The number of nitrogens with zero attached hydrogens (tertiary/aromatic N) is 3. The number of hydrogen-bond donors (Lipinski definition) is 1. The Labute approximate surface area is 118 Å². The first kappa shape index (κ1) is 14.3. The van der Waals surface area contributed by atoms with Crippen molar-refractivity contribution in [1.29, 1.82) is 5.26 Å². The van der Waals surface area contributed by atoms with Crippen LogP contribution in [-0.4, -0.2) is 16.5 Å². The first-order valence-electron chi connectivity index (χ1n) is 6.90. The number of nitro groups is 1. The average Bonchev–Trinajstić information content (AvgIpc) is 2.46. The van der Waals surface area contributed by atoms with Gasteiger partial charge in [-0.3, -0.25) is 10.1 Å². The van der Waals surface area contributed by atoms with Crippen molar-refractivity contribution in [2.45, 2.75) is 32.6 Å². The van der Waals surface area contributed by atoms with Gasteiger partial charge in [0.15, 0.2) is 0 Å². The van der Waals surface area contributed by atoms with Crippen molar-refractivity contribution in [2.75, 3.05) is 11.9 Å². The third kappa shape index (κ3) is 3.23. The van der Waals surface area contributed by atoms with Crippen molar-refractivity contribution in [1.82, 2.24) is 4.98 Å². The Morgan fingerprint density at radius 2 is 2.30 bits per heavy atom. The molecule has 1 aliphatic rings. The maximum Gasteiger partial charge on any atom is 0.289 e. The average molecular weight is 274 g/mol. The highest BCUT2D eigenvalue weighted by Crippen LogP contribution is 2.30. The van der Waals surface area contributed by atoms with Gasteiger partial charge in [-0.1, -0.05) is 26.2 Å². The van der Waals surface area contributed by atoms with E-state index in [-0.39, 0.29) is 11.3 Å². The summed E-state index contributed by atoms with van der Waals surface area (Å²) in [6, 6.07) is 3.22. The Morgan fingerprint density at radius 1 is 1.55 bits per heavy atom. The van der Waals surface area contributed by atoms with Gasteiger partial charge < -0.3 is 5.32 Å². The molecule has 1 aliphatic carbocycles. The van der Waals surface area contributed by atoms with Crippen LogP contribution in [0.15, 0.2) is 12.3 Å². The van der Waals surface area contributed by atoms with Gasteiger partial charge in [-0.25, -0.2) is 4.98 Å². The van der Waals surface area contributed by atoms with E-state index < -0.39 is 4.92 Å². The number of aromatic nitrogens is 1. The van der Waals surface area contributed by atoms with Crippen LogP contribution in [-0.2, 0) is 0 Å². The SMILES string of the molecule is CC1CCCCC1CNc1ncc([N+](=O)[O-])cc1C#N. The van der Waals surface area contributed by atoms with E-state index in [1.54, 1.807) is 0 Å². The van der Waals surface area contributed by atoms with Crippen LogP contribution in [0.25, 0.3) is 0 Å². The maximum absolute atomic E-state index is 10.7. The summed E-state index contributed by atoms with van der Waals surface area (Å²) >= 11 is 0. The summed E-state index contributed by atoms with van der Waals surface area (Å²) in [4.78, 5) is 14.1. The topological polar surface area (TPSA) is 91.8 Å². The van der Waals surface area contributed by atoms with Gasteiger partial charge in [0.05, 0.1) is 4.92 Å². The number of nitrogens with one attached hydrogen (secondary N) is 1. The second-order valence-corrected chi connectivity index (χ2v) is 5.36. The summed E-state index contributed by atoms with van der Waals surface area (Å²) in [6.07, 6.45) is 6.15. The minimum absolute atomic E-state index is 0.155. The zero-order valence-corrected chi connectivity index (χ0v) is 11.5. The van der Waals surface area contributed by atoms with Crippen LogP contribution in [0, 0.1) is 33.3 Å². The van der Waals surface area contributed by atoms with Gasteiger partial charge >= 0.3 is 0 Å². The summed E-state index contributed by atoms with van der Waals surface area (Å²) in [5.41, 5.74) is 0.0702. The minimum Gasteiger partial charge on any atom is -0.369 e. The highest BCUT2D eigenvalue weighted by Gasteiger charge is 2.21. The van der Waals surface area contributed by atoms with Crippen molar-refractivity contribution in [3.05, 3.63) is 27.9 Å². The molecule has 0 bridgehead atoms. The predicted octanol–water partition coefficient (Wildman–Crippen LogP) is 3.10. The number of nitriles is 1. The maximum atomic E-state index is 10.7. The van der Waals surface area contributed by atoms with E-state index in [4.69, 9.17) is 5.26 Å². The smallest absolute Gasteiger partial charge is 0.289 e. The Bertz CT molecular complexity index is 538. The minimum atomic E-state index is -0.541. The second-order valence-electron chi connectivity index (χ2n) is 5.36. The molecule has 106 valence electrons. The highest BCUT2D eigenvalue weighted by atomic mass is 16.6. The molecule has 0 aliphatic heterocycles. The third-order valence-corrected chi connectivity index (χ3v) is 4.03. The Kier molecular flexibility index (Phi) is 4.51. The molecule has 2 rings (SSSR count). The van der Waals surface area contributed by atoms with Crippen molar-refractivity contribution in [3.63, 3.8) is 0 Å². The highest BCUT2D eigenvalue weighted by molar-refractivity contribution is 5.55. The Hall–Kier alpha value is -2.16. The quantitative estimate of drug-likeness (QED) is 0.672. The van der Waals surface area contributed by atoms with E-state index in [1.807, 2.05) is 6.07 Å². The molecule has 1 saturated carbocycles. The van der Waals surface area contributed by atoms with Crippen LogP contribution in [0.2, 0.25) is 0 Å². The van der Waals surface area contributed by atoms with Crippen LogP contribution in [0.5, 0.6) is 0 Å². The van der Waals surface area contributed by atoms with Gasteiger partial charge in [0.25, 0.3) is 5.69 Å². The Balaban J connectivity index is 2.05. The van der Waals surface area contributed by atoms with Crippen LogP contribution < -0.4 is 5.32 Å². The fourth-order valence-corrected chi connectivity index (χ4v) is 2.70. The van der Waals surface area contributed by atoms with Crippen LogP contribution in [0.3, 0.4) is 0 Å². The van der Waals surface area contributed by atoms with Crippen molar-refractivity contribution >= 4 is 11.5 Å². The van der Waals surface area contributed by atoms with Gasteiger partial charge in [-0.2, -0.15) is 5.26 Å². The predicted molar refractivity (Wildman–Crippen MR) is 75.2 cm³/mol. The molecule has 2 unspecified atom stereocenters. The lowest BCUT2D eigenvalue weighted by Gasteiger charge is -2.29. The summed E-state index contributed by atoms with van der Waals surface area (Å²) in [5.74, 6) is 1.68. The lowest BCUT2D eigenvalue weighted by Crippen LogP contribution is -2.24. The molecule has 0 spiro atoms. The third-order valence-electron chi connectivity index (χ3n) is 4.03. The van der Waals surface area contributed by atoms with E-state index >= 15 is 0 Å². The van der Waals surface area contributed by atoms with Gasteiger partial charge in [0.2, 0.25) is 0 Å². The first-order valence-corrected chi connectivity index (χ1v) is 6.90. The number of rotatable bonds is 4. The standard InChI is InChI=1S/C14H18N4O2/c1-10-4-2-3-5-11(10)8-16-14-12(7-15)6-13(9-17-14)18(19)20/h6,9-11H,2-5,8H2,1H3,(H,16,17). The van der Waals surface area contributed by atoms with E-state index in [9.17, 15) is 10.1 Å².